The van der Waals surface area contributed by atoms with E-state index in [-0.39, 0.29) is 5.91 Å². The lowest BCUT2D eigenvalue weighted by Crippen LogP contribution is -2.32. The van der Waals surface area contributed by atoms with Crippen LogP contribution in [0.15, 0.2) is 66.7 Å². The zero-order valence-corrected chi connectivity index (χ0v) is 16.3. The number of nitrogens with zero attached hydrogens (tertiary/aromatic N) is 2. The number of anilines is 2. The Morgan fingerprint density at radius 3 is 2.33 bits per heavy atom. The van der Waals surface area contributed by atoms with E-state index in [2.05, 4.69) is 58.4 Å². The van der Waals surface area contributed by atoms with E-state index >= 15 is 0 Å². The molecule has 27 heavy (non-hydrogen) atoms. The molecule has 0 aliphatic carbocycles. The Morgan fingerprint density at radius 1 is 0.926 bits per heavy atom. The lowest BCUT2D eigenvalue weighted by Gasteiger charge is -2.21. The second kappa shape index (κ2) is 8.69. The number of nitrogens with one attached hydrogen (secondary N) is 1. The van der Waals surface area contributed by atoms with E-state index in [0.717, 1.165) is 29.5 Å². The van der Waals surface area contributed by atoms with Gasteiger partial charge in [0.15, 0.2) is 0 Å². The molecule has 4 heteroatoms. The summed E-state index contributed by atoms with van der Waals surface area (Å²) in [4.78, 5) is 16.8. The molecule has 4 nitrogen and oxygen atoms in total. The van der Waals surface area contributed by atoms with Gasteiger partial charge in [0.05, 0.1) is 6.54 Å². The minimum Gasteiger partial charge on any atom is -0.378 e. The number of carbonyl (C=O) groups is 1. The van der Waals surface area contributed by atoms with E-state index in [1.807, 2.05) is 44.4 Å². The molecule has 140 valence electrons. The maximum atomic E-state index is 12.6. The van der Waals surface area contributed by atoms with Crippen molar-refractivity contribution in [3.8, 4) is 0 Å². The quantitative estimate of drug-likeness (QED) is 0.679. The summed E-state index contributed by atoms with van der Waals surface area (Å²) in [6.07, 6.45) is 0. The number of rotatable bonds is 7. The van der Waals surface area contributed by atoms with Gasteiger partial charge in [0.2, 0.25) is 5.91 Å². The average Bonchev–Trinajstić information content (AvgIpc) is 2.68. The van der Waals surface area contributed by atoms with Crippen molar-refractivity contribution < 1.29 is 4.79 Å². The SMILES string of the molecule is CCN(CC(=O)Nc1cccc2ccccc12)Cc1ccc(N(C)C)cc1. The normalized spacial score (nSPS) is 11.0. The fraction of sp³-hybridized carbons (Fsp3) is 0.261. The van der Waals surface area contributed by atoms with Crippen molar-refractivity contribution in [3.63, 3.8) is 0 Å². The molecule has 0 aromatic heterocycles. The highest BCUT2D eigenvalue weighted by atomic mass is 16.2. The van der Waals surface area contributed by atoms with Gasteiger partial charge in [0.25, 0.3) is 0 Å². The molecule has 0 unspecified atom stereocenters. The van der Waals surface area contributed by atoms with Crippen molar-refractivity contribution in [3.05, 3.63) is 72.3 Å². The predicted molar refractivity (Wildman–Crippen MR) is 114 cm³/mol. The number of carbonyl (C=O) groups excluding carboxylic acids is 1. The van der Waals surface area contributed by atoms with Crippen molar-refractivity contribution >= 4 is 28.1 Å². The second-order valence-corrected chi connectivity index (χ2v) is 6.94. The summed E-state index contributed by atoms with van der Waals surface area (Å²) in [5.74, 6) is 0.0121. The number of hydrogen-bond donors (Lipinski definition) is 1. The summed E-state index contributed by atoms with van der Waals surface area (Å²) >= 11 is 0. The van der Waals surface area contributed by atoms with Crippen molar-refractivity contribution in [1.29, 1.82) is 0 Å². The Balaban J connectivity index is 1.64. The summed E-state index contributed by atoms with van der Waals surface area (Å²) < 4.78 is 0. The Labute approximate surface area is 161 Å². The summed E-state index contributed by atoms with van der Waals surface area (Å²) in [6, 6.07) is 22.6. The number of benzene rings is 3. The van der Waals surface area contributed by atoms with Gasteiger partial charge in [-0.05, 0) is 35.7 Å². The number of amides is 1. The molecule has 3 aromatic carbocycles. The molecule has 0 saturated heterocycles. The van der Waals surface area contributed by atoms with Crippen LogP contribution in [0.3, 0.4) is 0 Å². The Morgan fingerprint density at radius 2 is 1.63 bits per heavy atom. The second-order valence-electron chi connectivity index (χ2n) is 6.94. The van der Waals surface area contributed by atoms with Gasteiger partial charge < -0.3 is 10.2 Å². The van der Waals surface area contributed by atoms with Crippen LogP contribution in [0.5, 0.6) is 0 Å². The van der Waals surface area contributed by atoms with Gasteiger partial charge in [-0.3, -0.25) is 9.69 Å². The largest absolute Gasteiger partial charge is 0.378 e. The van der Waals surface area contributed by atoms with Crippen LogP contribution in [-0.2, 0) is 11.3 Å². The van der Waals surface area contributed by atoms with E-state index in [0.29, 0.717) is 6.54 Å². The van der Waals surface area contributed by atoms with E-state index in [1.54, 1.807) is 0 Å². The molecule has 0 fully saturated rings. The summed E-state index contributed by atoms with van der Waals surface area (Å²) in [7, 11) is 4.07. The first-order chi connectivity index (χ1) is 13.1. The van der Waals surface area contributed by atoms with Gasteiger partial charge in [0, 0.05) is 37.4 Å². The van der Waals surface area contributed by atoms with E-state index in [4.69, 9.17) is 0 Å². The van der Waals surface area contributed by atoms with Gasteiger partial charge in [-0.2, -0.15) is 0 Å². The first-order valence-electron chi connectivity index (χ1n) is 9.33. The van der Waals surface area contributed by atoms with Crippen LogP contribution in [0.25, 0.3) is 10.8 Å². The van der Waals surface area contributed by atoms with Gasteiger partial charge in [0.1, 0.15) is 0 Å². The highest BCUT2D eigenvalue weighted by Crippen LogP contribution is 2.23. The van der Waals surface area contributed by atoms with Gasteiger partial charge in [-0.15, -0.1) is 0 Å². The molecule has 0 radical (unpaired) electrons. The van der Waals surface area contributed by atoms with Crippen LogP contribution >= 0.6 is 0 Å². The molecular formula is C23H27N3O. The molecule has 0 bridgehead atoms. The molecular weight excluding hydrogens is 334 g/mol. The third-order valence-electron chi connectivity index (χ3n) is 4.74. The summed E-state index contributed by atoms with van der Waals surface area (Å²) in [5.41, 5.74) is 3.25. The zero-order valence-electron chi connectivity index (χ0n) is 16.3. The number of likely N-dealkylation sites (N-methyl/N-ethyl adjacent to an activating group) is 1. The highest BCUT2D eigenvalue weighted by Gasteiger charge is 2.11. The molecule has 3 aromatic rings. The van der Waals surface area contributed by atoms with Crippen LogP contribution < -0.4 is 10.2 Å². The first kappa shape index (κ1) is 18.9. The first-order valence-corrected chi connectivity index (χ1v) is 9.33. The van der Waals surface area contributed by atoms with E-state index in [9.17, 15) is 4.79 Å². The maximum absolute atomic E-state index is 12.6. The lowest BCUT2D eigenvalue weighted by molar-refractivity contribution is -0.117. The third kappa shape index (κ3) is 4.86. The van der Waals surface area contributed by atoms with Gasteiger partial charge in [-0.1, -0.05) is 55.5 Å². The monoisotopic (exact) mass is 361 g/mol. The van der Waals surface area contributed by atoms with Crippen LogP contribution in [-0.4, -0.2) is 38.0 Å². The Hall–Kier alpha value is -2.85. The summed E-state index contributed by atoms with van der Waals surface area (Å²) in [6.45, 7) is 4.03. The fourth-order valence-corrected chi connectivity index (χ4v) is 3.16. The van der Waals surface area contributed by atoms with Crippen LogP contribution in [0.2, 0.25) is 0 Å². The molecule has 0 heterocycles. The number of fused-ring (bicyclic) bond motifs is 1. The van der Waals surface area contributed by atoms with Crippen LogP contribution in [0, 0.1) is 0 Å². The summed E-state index contributed by atoms with van der Waals surface area (Å²) in [5, 5.41) is 5.27. The zero-order chi connectivity index (χ0) is 19.2. The average molecular weight is 361 g/mol. The number of hydrogen-bond acceptors (Lipinski definition) is 3. The van der Waals surface area contributed by atoms with Crippen LogP contribution in [0.1, 0.15) is 12.5 Å². The molecule has 0 aliphatic heterocycles. The molecule has 3 rings (SSSR count). The van der Waals surface area contributed by atoms with E-state index in [1.165, 1.54) is 11.3 Å². The Bertz CT molecular complexity index is 898. The fourth-order valence-electron chi connectivity index (χ4n) is 3.16. The van der Waals surface area contributed by atoms with Crippen molar-refractivity contribution in [1.82, 2.24) is 4.90 Å². The standard InChI is InChI=1S/C23H27N3O/c1-4-26(16-18-12-14-20(15-13-18)25(2)3)17-23(27)24-22-11-7-9-19-8-5-6-10-21(19)22/h5-15H,4,16-17H2,1-3H3,(H,24,27). The predicted octanol–water partition coefficient (Wildman–Crippen LogP) is 4.37. The molecule has 0 saturated carbocycles. The van der Waals surface area contributed by atoms with Crippen LogP contribution in [0.4, 0.5) is 11.4 Å². The molecule has 0 spiro atoms. The highest BCUT2D eigenvalue weighted by molar-refractivity contribution is 6.02. The molecule has 0 aliphatic rings. The van der Waals surface area contributed by atoms with Crippen molar-refractivity contribution in [2.75, 3.05) is 37.4 Å². The third-order valence-corrected chi connectivity index (χ3v) is 4.74. The maximum Gasteiger partial charge on any atom is 0.238 e. The topological polar surface area (TPSA) is 35.6 Å². The smallest absolute Gasteiger partial charge is 0.238 e. The molecule has 1 N–H and O–H groups in total. The molecule has 1 amide bonds. The molecule has 0 atom stereocenters. The minimum absolute atomic E-state index is 0.0121. The lowest BCUT2D eigenvalue weighted by atomic mass is 10.1. The van der Waals surface area contributed by atoms with E-state index < -0.39 is 0 Å². The van der Waals surface area contributed by atoms with Gasteiger partial charge >= 0.3 is 0 Å². The minimum atomic E-state index is 0.0121. The van der Waals surface area contributed by atoms with Crippen molar-refractivity contribution in [2.24, 2.45) is 0 Å². The van der Waals surface area contributed by atoms with Crippen molar-refractivity contribution in [2.45, 2.75) is 13.5 Å². The van der Waals surface area contributed by atoms with Gasteiger partial charge in [-0.25, -0.2) is 0 Å². The Kier molecular flexibility index (Phi) is 6.09.